The van der Waals surface area contributed by atoms with Gasteiger partial charge in [-0.25, -0.2) is 12.8 Å². The van der Waals surface area contributed by atoms with Gasteiger partial charge in [0.25, 0.3) is 5.56 Å². The molecule has 0 aliphatic rings. The number of methoxy groups -OCH3 is 1. The highest BCUT2D eigenvalue weighted by molar-refractivity contribution is 7.92. The minimum Gasteiger partial charge on any atom is -0.480 e. The van der Waals surface area contributed by atoms with E-state index in [-0.39, 0.29) is 24.3 Å². The van der Waals surface area contributed by atoms with Crippen molar-refractivity contribution >= 4 is 26.6 Å². The second-order valence-electron chi connectivity index (χ2n) is 9.22. The lowest BCUT2D eigenvalue weighted by molar-refractivity contribution is -0.139. The van der Waals surface area contributed by atoms with E-state index in [1.807, 2.05) is 18.0 Å². The largest absolute Gasteiger partial charge is 0.480 e. The predicted octanol–water partition coefficient (Wildman–Crippen LogP) is 3.16. The number of carboxylic acid groups (broad SMARTS) is 1. The van der Waals surface area contributed by atoms with Gasteiger partial charge in [-0.1, -0.05) is 18.2 Å². The summed E-state index contributed by atoms with van der Waals surface area (Å²) in [4.78, 5) is 26.6. The minimum atomic E-state index is -3.90. The summed E-state index contributed by atoms with van der Waals surface area (Å²) in [6.07, 6.45) is 2.11. The highest BCUT2D eigenvalue weighted by Crippen LogP contribution is 2.27. The van der Waals surface area contributed by atoms with E-state index in [4.69, 9.17) is 4.74 Å². The van der Waals surface area contributed by atoms with Crippen LogP contribution in [-0.2, 0) is 32.5 Å². The van der Waals surface area contributed by atoms with Crippen molar-refractivity contribution in [3.8, 4) is 11.1 Å². The zero-order valence-corrected chi connectivity index (χ0v) is 21.6. The maximum absolute atomic E-state index is 14.9. The van der Waals surface area contributed by atoms with Crippen molar-refractivity contribution in [2.45, 2.75) is 31.2 Å². The van der Waals surface area contributed by atoms with Gasteiger partial charge in [-0.3, -0.25) is 14.5 Å². The van der Waals surface area contributed by atoms with Crippen molar-refractivity contribution in [1.82, 2.24) is 9.47 Å². The fourth-order valence-electron chi connectivity index (χ4n) is 3.95. The zero-order valence-electron chi connectivity index (χ0n) is 20.8. The Hall–Kier alpha value is -3.08. The van der Waals surface area contributed by atoms with Crippen LogP contribution in [0.5, 0.6) is 0 Å². The van der Waals surface area contributed by atoms with Crippen LogP contribution in [0.4, 0.5) is 4.39 Å². The second-order valence-corrected chi connectivity index (χ2v) is 11.7. The van der Waals surface area contributed by atoms with Crippen LogP contribution in [0.2, 0.25) is 0 Å². The number of rotatable bonds is 11. The number of pyridine rings is 1. The molecule has 0 saturated heterocycles. The summed E-state index contributed by atoms with van der Waals surface area (Å²) >= 11 is 0. The molecule has 36 heavy (non-hydrogen) atoms. The topological polar surface area (TPSA) is 106 Å². The molecule has 1 atom stereocenters. The van der Waals surface area contributed by atoms with Gasteiger partial charge in [-0.05, 0) is 61.2 Å². The summed E-state index contributed by atoms with van der Waals surface area (Å²) in [5, 5.41) is 10.4. The van der Waals surface area contributed by atoms with Crippen molar-refractivity contribution in [3.05, 3.63) is 70.4 Å². The summed E-state index contributed by atoms with van der Waals surface area (Å²) in [7, 11) is -0.334. The van der Waals surface area contributed by atoms with Crippen molar-refractivity contribution in [1.29, 1.82) is 0 Å². The average molecular weight is 519 g/mol. The highest BCUT2D eigenvalue weighted by atomic mass is 32.2. The smallest absolute Gasteiger partial charge is 0.324 e. The third-order valence-corrected chi connectivity index (χ3v) is 8.57. The molecule has 0 fully saturated rings. The van der Waals surface area contributed by atoms with E-state index >= 15 is 0 Å². The van der Waals surface area contributed by atoms with Crippen LogP contribution in [0, 0.1) is 5.82 Å². The summed E-state index contributed by atoms with van der Waals surface area (Å²) in [6, 6.07) is 11.7. The molecule has 0 radical (unpaired) electrons. The Kier molecular flexibility index (Phi) is 8.33. The molecule has 8 nitrogen and oxygen atoms in total. The average Bonchev–Trinajstić information content (AvgIpc) is 2.81. The normalized spacial score (nSPS) is 13.7. The van der Waals surface area contributed by atoms with Gasteiger partial charge in [-0.2, -0.15) is 0 Å². The van der Waals surface area contributed by atoms with E-state index < -0.39 is 20.6 Å². The van der Waals surface area contributed by atoms with Crippen molar-refractivity contribution < 1.29 is 27.4 Å². The van der Waals surface area contributed by atoms with E-state index in [0.29, 0.717) is 35.1 Å². The van der Waals surface area contributed by atoms with Gasteiger partial charge in [0.2, 0.25) is 0 Å². The number of ether oxygens (including phenoxy) is 1. The standard InChI is InChI=1S/C26H31FN2O6S/c1-26(25(31)32,36(4,33)34)10-12-29-11-9-20-16-19(6-8-22(20)24(29)30)21-7-5-18(15-23(21)27)17-28(2)13-14-35-3/h5-9,11,15-16H,10,12-14,17H2,1-4H3,(H,31,32). The molecule has 1 unspecified atom stereocenters. The summed E-state index contributed by atoms with van der Waals surface area (Å²) in [5.74, 6) is -1.83. The Morgan fingerprint density at radius 3 is 2.53 bits per heavy atom. The molecule has 0 amide bonds. The Morgan fingerprint density at radius 1 is 1.19 bits per heavy atom. The van der Waals surface area contributed by atoms with Crippen LogP contribution in [0.25, 0.3) is 21.9 Å². The number of fused-ring (bicyclic) bond motifs is 1. The van der Waals surface area contributed by atoms with E-state index in [0.717, 1.165) is 25.3 Å². The van der Waals surface area contributed by atoms with Crippen LogP contribution >= 0.6 is 0 Å². The van der Waals surface area contributed by atoms with Gasteiger partial charge >= 0.3 is 5.97 Å². The number of aliphatic carboxylic acids is 1. The molecule has 194 valence electrons. The molecule has 1 N–H and O–H groups in total. The van der Waals surface area contributed by atoms with Crippen molar-refractivity contribution in [2.24, 2.45) is 0 Å². The summed E-state index contributed by atoms with van der Waals surface area (Å²) in [6.45, 7) is 2.96. The number of carboxylic acids is 1. The second kappa shape index (κ2) is 10.9. The molecule has 0 saturated carbocycles. The molecule has 2 aromatic carbocycles. The number of carbonyl (C=O) groups is 1. The van der Waals surface area contributed by atoms with Gasteiger partial charge in [0.15, 0.2) is 14.6 Å². The number of benzene rings is 2. The SMILES string of the molecule is COCCN(C)Cc1ccc(-c2ccc3c(=O)n(CCC(C)(C(=O)O)S(C)(=O)=O)ccc3c2)c(F)c1. The third-order valence-electron chi connectivity index (χ3n) is 6.55. The van der Waals surface area contributed by atoms with E-state index in [1.165, 1.54) is 16.8 Å². The fraction of sp³-hybridized carbons (Fsp3) is 0.385. The monoisotopic (exact) mass is 518 g/mol. The predicted molar refractivity (Wildman–Crippen MR) is 137 cm³/mol. The number of hydrogen-bond acceptors (Lipinski definition) is 6. The number of halogens is 1. The number of hydrogen-bond donors (Lipinski definition) is 1. The summed E-state index contributed by atoms with van der Waals surface area (Å²) < 4.78 is 43.3. The first kappa shape index (κ1) is 27.5. The zero-order chi connectivity index (χ0) is 26.7. The van der Waals surface area contributed by atoms with E-state index in [9.17, 15) is 27.5 Å². The van der Waals surface area contributed by atoms with Gasteiger partial charge in [0.1, 0.15) is 5.82 Å². The summed E-state index contributed by atoms with van der Waals surface area (Å²) in [5.41, 5.74) is 1.48. The molecule has 3 rings (SSSR count). The van der Waals surface area contributed by atoms with Crippen LogP contribution in [0.3, 0.4) is 0 Å². The van der Waals surface area contributed by atoms with Gasteiger partial charge in [0, 0.05) is 50.1 Å². The number of nitrogens with zero attached hydrogens (tertiary/aromatic N) is 2. The lowest BCUT2D eigenvalue weighted by Gasteiger charge is -2.23. The molecular formula is C26H31FN2O6S. The Labute approximate surface area is 209 Å². The highest BCUT2D eigenvalue weighted by Gasteiger charge is 2.43. The van der Waals surface area contributed by atoms with Crippen molar-refractivity contribution in [2.75, 3.05) is 33.6 Å². The quantitative estimate of drug-likeness (QED) is 0.416. The molecule has 1 aromatic heterocycles. The number of likely N-dealkylation sites (N-methyl/N-ethyl adjacent to an activating group) is 1. The molecule has 10 heteroatoms. The van der Waals surface area contributed by atoms with Gasteiger partial charge in [-0.15, -0.1) is 0 Å². The molecule has 3 aromatic rings. The molecule has 0 aliphatic carbocycles. The van der Waals surface area contributed by atoms with E-state index in [1.54, 1.807) is 37.4 Å². The molecule has 0 bridgehead atoms. The van der Waals surface area contributed by atoms with E-state index in [2.05, 4.69) is 0 Å². The van der Waals surface area contributed by atoms with Crippen LogP contribution in [-0.4, -0.2) is 67.3 Å². The number of aromatic nitrogens is 1. The Bertz CT molecular complexity index is 1440. The van der Waals surface area contributed by atoms with Crippen molar-refractivity contribution in [3.63, 3.8) is 0 Å². The first-order valence-electron chi connectivity index (χ1n) is 11.4. The Balaban J connectivity index is 1.85. The maximum atomic E-state index is 14.9. The molecule has 0 aliphatic heterocycles. The van der Waals surface area contributed by atoms with Crippen LogP contribution in [0.1, 0.15) is 18.9 Å². The number of sulfone groups is 1. The molecular weight excluding hydrogens is 487 g/mol. The molecule has 0 spiro atoms. The van der Waals surface area contributed by atoms with Crippen LogP contribution in [0.15, 0.2) is 53.5 Å². The number of aryl methyl sites for hydroxylation is 1. The lowest BCUT2D eigenvalue weighted by atomic mass is 10.00. The van der Waals surface area contributed by atoms with Crippen LogP contribution < -0.4 is 5.56 Å². The van der Waals surface area contributed by atoms with Gasteiger partial charge < -0.3 is 14.4 Å². The minimum absolute atomic E-state index is 0.0820. The fourth-order valence-corrected chi connectivity index (χ4v) is 4.72. The maximum Gasteiger partial charge on any atom is 0.324 e. The first-order chi connectivity index (χ1) is 16.9. The first-order valence-corrected chi connectivity index (χ1v) is 13.3. The lowest BCUT2D eigenvalue weighted by Crippen LogP contribution is -2.44. The molecule has 1 heterocycles. The third kappa shape index (κ3) is 5.83. The van der Waals surface area contributed by atoms with Gasteiger partial charge in [0.05, 0.1) is 6.61 Å². The Morgan fingerprint density at radius 2 is 1.92 bits per heavy atom.